The third-order valence-electron chi connectivity index (χ3n) is 4.19. The van der Waals surface area contributed by atoms with Crippen molar-refractivity contribution in [2.45, 2.75) is 13.8 Å². The SMILES string of the molecule is Cc1cc(C)cc(OCCN(C)C(=O)c2cc3c(nc4sccn43)s2)c1. The van der Waals surface area contributed by atoms with E-state index in [1.807, 2.05) is 48.0 Å². The van der Waals surface area contributed by atoms with Crippen LogP contribution < -0.4 is 4.74 Å². The maximum Gasteiger partial charge on any atom is 0.263 e. The van der Waals surface area contributed by atoms with Gasteiger partial charge in [-0.1, -0.05) is 6.07 Å². The van der Waals surface area contributed by atoms with Crippen LogP contribution in [-0.2, 0) is 0 Å². The van der Waals surface area contributed by atoms with Crippen LogP contribution in [0.4, 0.5) is 0 Å². The molecule has 0 N–H and O–H groups in total. The maximum atomic E-state index is 12.7. The Bertz CT molecular complexity index is 1070. The molecule has 1 amide bonds. The summed E-state index contributed by atoms with van der Waals surface area (Å²) in [5.74, 6) is 0.847. The Morgan fingerprint density at radius 1 is 1.23 bits per heavy atom. The van der Waals surface area contributed by atoms with E-state index in [1.54, 1.807) is 23.3 Å². The lowest BCUT2D eigenvalue weighted by Crippen LogP contribution is -2.30. The van der Waals surface area contributed by atoms with E-state index in [0.717, 1.165) is 21.1 Å². The first kappa shape index (κ1) is 17.1. The van der Waals surface area contributed by atoms with E-state index in [4.69, 9.17) is 4.74 Å². The Morgan fingerprint density at radius 3 is 2.77 bits per heavy atom. The van der Waals surface area contributed by atoms with E-state index in [9.17, 15) is 4.79 Å². The third kappa shape index (κ3) is 3.20. The topological polar surface area (TPSA) is 46.8 Å². The molecule has 1 aromatic carbocycles. The van der Waals surface area contributed by atoms with E-state index >= 15 is 0 Å². The summed E-state index contributed by atoms with van der Waals surface area (Å²) in [5.41, 5.74) is 3.34. The van der Waals surface area contributed by atoms with Crippen molar-refractivity contribution in [3.05, 3.63) is 51.8 Å². The van der Waals surface area contributed by atoms with Crippen molar-refractivity contribution in [1.82, 2.24) is 14.3 Å². The minimum atomic E-state index is 0.000928. The molecule has 0 unspecified atom stereocenters. The van der Waals surface area contributed by atoms with E-state index in [1.165, 1.54) is 22.5 Å². The number of thiazole rings is 1. The maximum absolute atomic E-state index is 12.7. The summed E-state index contributed by atoms with van der Waals surface area (Å²) in [6, 6.07) is 8.06. The molecule has 0 aliphatic rings. The quantitative estimate of drug-likeness (QED) is 0.512. The molecule has 5 nitrogen and oxygen atoms in total. The molecule has 4 rings (SSSR count). The van der Waals surface area contributed by atoms with Crippen LogP contribution in [0.5, 0.6) is 5.75 Å². The summed E-state index contributed by atoms with van der Waals surface area (Å²) in [4.78, 5) is 21.5. The number of hydrogen-bond donors (Lipinski definition) is 0. The van der Waals surface area contributed by atoms with E-state index in [0.29, 0.717) is 18.0 Å². The summed E-state index contributed by atoms with van der Waals surface area (Å²) in [6.45, 7) is 5.09. The molecular weight excluding hydrogens is 366 g/mol. The van der Waals surface area contributed by atoms with E-state index < -0.39 is 0 Å². The van der Waals surface area contributed by atoms with Gasteiger partial charge in [-0.05, 0) is 43.2 Å². The normalized spacial score (nSPS) is 11.3. The number of thiophene rings is 1. The van der Waals surface area contributed by atoms with Gasteiger partial charge in [0.1, 0.15) is 17.2 Å². The summed E-state index contributed by atoms with van der Waals surface area (Å²) in [5, 5.41) is 2.00. The molecule has 26 heavy (non-hydrogen) atoms. The van der Waals surface area contributed by atoms with Crippen LogP contribution >= 0.6 is 22.7 Å². The average molecular weight is 386 g/mol. The fraction of sp³-hybridized carbons (Fsp3) is 0.263. The zero-order valence-electron chi connectivity index (χ0n) is 14.9. The zero-order valence-corrected chi connectivity index (χ0v) is 16.5. The lowest BCUT2D eigenvalue weighted by Gasteiger charge is -2.17. The van der Waals surface area contributed by atoms with Crippen LogP contribution in [0.1, 0.15) is 20.8 Å². The summed E-state index contributed by atoms with van der Waals surface area (Å²) in [6.07, 6.45) is 1.98. The van der Waals surface area contributed by atoms with Gasteiger partial charge in [-0.2, -0.15) is 0 Å². The largest absolute Gasteiger partial charge is 0.492 e. The number of nitrogens with zero attached hydrogens (tertiary/aromatic N) is 3. The number of imidazole rings is 1. The van der Waals surface area contributed by atoms with E-state index in [2.05, 4.69) is 11.1 Å². The number of aryl methyl sites for hydroxylation is 2. The van der Waals surface area contributed by atoms with Crippen molar-refractivity contribution in [3.63, 3.8) is 0 Å². The van der Waals surface area contributed by atoms with Crippen molar-refractivity contribution in [2.75, 3.05) is 20.2 Å². The number of carbonyl (C=O) groups is 1. The number of likely N-dealkylation sites (N-methyl/N-ethyl adjacent to an activating group) is 1. The van der Waals surface area contributed by atoms with Gasteiger partial charge in [0.05, 0.1) is 16.9 Å². The highest BCUT2D eigenvalue weighted by Crippen LogP contribution is 2.28. The van der Waals surface area contributed by atoms with Crippen LogP contribution in [0.3, 0.4) is 0 Å². The molecule has 0 spiro atoms. The second kappa shape index (κ2) is 6.74. The number of ether oxygens (including phenoxy) is 1. The van der Waals surface area contributed by atoms with Crippen LogP contribution in [0.2, 0.25) is 0 Å². The molecular formula is C19H19N3O2S2. The molecule has 0 radical (unpaired) electrons. The van der Waals surface area contributed by atoms with Crippen molar-refractivity contribution >= 4 is 43.9 Å². The number of carbonyl (C=O) groups excluding carboxylic acids is 1. The number of fused-ring (bicyclic) bond motifs is 3. The first-order chi connectivity index (χ1) is 12.5. The van der Waals surface area contributed by atoms with Gasteiger partial charge in [0.25, 0.3) is 5.91 Å². The second-order valence-corrected chi connectivity index (χ2v) is 8.27. The smallest absolute Gasteiger partial charge is 0.263 e. The minimum Gasteiger partial charge on any atom is -0.492 e. The molecule has 134 valence electrons. The standard InChI is InChI=1S/C19H19N3O2S2/c1-12-8-13(2)10-14(9-12)24-6-4-21(3)18(23)16-11-15-17(26-16)20-19-22(15)5-7-25-19/h5,7-11H,4,6H2,1-3H3. The lowest BCUT2D eigenvalue weighted by molar-refractivity contribution is 0.0778. The number of hydrogen-bond acceptors (Lipinski definition) is 5. The van der Waals surface area contributed by atoms with Gasteiger partial charge in [0.15, 0.2) is 4.96 Å². The van der Waals surface area contributed by atoms with E-state index in [-0.39, 0.29) is 5.91 Å². The highest BCUT2D eigenvalue weighted by Gasteiger charge is 2.18. The molecule has 7 heteroatoms. The van der Waals surface area contributed by atoms with Gasteiger partial charge in [-0.15, -0.1) is 22.7 Å². The Labute approximate surface area is 159 Å². The van der Waals surface area contributed by atoms with Gasteiger partial charge in [-0.25, -0.2) is 4.98 Å². The Hall–Kier alpha value is -2.38. The molecule has 3 aromatic heterocycles. The minimum absolute atomic E-state index is 0.000928. The number of benzene rings is 1. The van der Waals surface area contributed by atoms with Crippen LogP contribution in [0.25, 0.3) is 15.3 Å². The predicted molar refractivity (Wildman–Crippen MR) is 107 cm³/mol. The molecule has 3 heterocycles. The number of aromatic nitrogens is 2. The number of amides is 1. The molecule has 4 aromatic rings. The highest BCUT2D eigenvalue weighted by molar-refractivity contribution is 7.21. The fourth-order valence-electron chi connectivity index (χ4n) is 2.96. The molecule has 0 fully saturated rings. The zero-order chi connectivity index (χ0) is 18.3. The first-order valence-electron chi connectivity index (χ1n) is 8.33. The molecule has 0 saturated heterocycles. The summed E-state index contributed by atoms with van der Waals surface area (Å²) in [7, 11) is 1.80. The van der Waals surface area contributed by atoms with Crippen LogP contribution in [0.15, 0.2) is 35.8 Å². The number of rotatable bonds is 5. The van der Waals surface area contributed by atoms with Crippen molar-refractivity contribution in [2.24, 2.45) is 0 Å². The molecule has 0 bridgehead atoms. The monoisotopic (exact) mass is 385 g/mol. The van der Waals surface area contributed by atoms with Gasteiger partial charge >= 0.3 is 0 Å². The molecule has 0 aliphatic carbocycles. The fourth-order valence-corrected chi connectivity index (χ4v) is 4.75. The van der Waals surface area contributed by atoms with Crippen molar-refractivity contribution in [1.29, 1.82) is 0 Å². The lowest BCUT2D eigenvalue weighted by atomic mass is 10.1. The Balaban J connectivity index is 1.41. The van der Waals surface area contributed by atoms with Gasteiger partial charge in [-0.3, -0.25) is 9.20 Å². The average Bonchev–Trinajstić information content (AvgIpc) is 3.24. The van der Waals surface area contributed by atoms with Gasteiger partial charge in [0.2, 0.25) is 0 Å². The van der Waals surface area contributed by atoms with Crippen LogP contribution in [0, 0.1) is 13.8 Å². The molecule has 0 aliphatic heterocycles. The first-order valence-corrected chi connectivity index (χ1v) is 10.0. The summed E-state index contributed by atoms with van der Waals surface area (Å²) >= 11 is 3.04. The second-order valence-electron chi connectivity index (χ2n) is 6.37. The van der Waals surface area contributed by atoms with Gasteiger partial charge < -0.3 is 9.64 Å². The molecule has 0 atom stereocenters. The summed E-state index contributed by atoms with van der Waals surface area (Å²) < 4.78 is 7.83. The van der Waals surface area contributed by atoms with Gasteiger partial charge in [0, 0.05) is 18.6 Å². The third-order valence-corrected chi connectivity index (χ3v) is 5.95. The van der Waals surface area contributed by atoms with Crippen LogP contribution in [-0.4, -0.2) is 40.4 Å². The Morgan fingerprint density at radius 2 is 2.00 bits per heavy atom. The molecule has 0 saturated carbocycles. The van der Waals surface area contributed by atoms with Crippen molar-refractivity contribution in [3.8, 4) is 5.75 Å². The van der Waals surface area contributed by atoms with Crippen molar-refractivity contribution < 1.29 is 9.53 Å². The predicted octanol–water partition coefficient (Wildman–Crippen LogP) is 4.38. The highest BCUT2D eigenvalue weighted by atomic mass is 32.1. The Kier molecular flexibility index (Phi) is 4.42.